The molecule has 2 aliphatic heterocycles. The first kappa shape index (κ1) is 33.7. The Morgan fingerprint density at radius 2 is 1.96 bits per heavy atom. The van der Waals surface area contributed by atoms with Crippen molar-refractivity contribution in [3.05, 3.63) is 40.4 Å². The third-order valence-corrected chi connectivity index (χ3v) is 10.8. The van der Waals surface area contributed by atoms with Gasteiger partial charge in [0.1, 0.15) is 17.2 Å². The summed E-state index contributed by atoms with van der Waals surface area (Å²) in [6.45, 7) is 9.46. The predicted molar refractivity (Wildman–Crippen MR) is 167 cm³/mol. The fraction of sp³-hybridized carbons (Fsp3) is 0.667. The number of carbonyl (C=O) groups is 3. The molecule has 10 atom stereocenters. The van der Waals surface area contributed by atoms with E-state index in [2.05, 4.69) is 12.2 Å². The summed E-state index contributed by atoms with van der Waals surface area (Å²) >= 11 is 6.43. The normalized spacial score (nSPS) is 36.2. The van der Waals surface area contributed by atoms with Crippen molar-refractivity contribution in [3.8, 4) is 0 Å². The largest absolute Gasteiger partial charge is 0.454 e. The first-order valence-electron chi connectivity index (χ1n) is 15.8. The second-order valence-electron chi connectivity index (χ2n) is 13.4. The Balaban J connectivity index is 1.45. The van der Waals surface area contributed by atoms with Crippen LogP contribution in [0.2, 0.25) is 5.02 Å². The van der Waals surface area contributed by atoms with E-state index < -0.39 is 53.5 Å². The quantitative estimate of drug-likeness (QED) is 0.299. The second kappa shape index (κ2) is 12.5. The highest BCUT2D eigenvalue weighted by atomic mass is 35.5. The number of nitrogens with one attached hydrogen (secondary N) is 1. The number of rotatable bonds is 7. The summed E-state index contributed by atoms with van der Waals surface area (Å²) in [4.78, 5) is 46.3. The number of ether oxygens (including phenoxy) is 2. The average Bonchev–Trinajstić information content (AvgIpc) is 3.33. The Morgan fingerprint density at radius 3 is 2.62 bits per heavy atom. The number of halogens is 1. The van der Waals surface area contributed by atoms with Crippen molar-refractivity contribution in [1.82, 2.24) is 10.2 Å². The van der Waals surface area contributed by atoms with E-state index in [0.29, 0.717) is 41.2 Å². The van der Waals surface area contributed by atoms with Crippen LogP contribution in [0.4, 0.5) is 5.69 Å². The van der Waals surface area contributed by atoms with Crippen LogP contribution in [0, 0.1) is 23.7 Å². The first-order chi connectivity index (χ1) is 21.1. The van der Waals surface area contributed by atoms with Crippen LogP contribution in [0.5, 0.6) is 0 Å². The van der Waals surface area contributed by atoms with Crippen LogP contribution in [-0.4, -0.2) is 83.7 Å². The monoisotopic (exact) mass is 647 g/mol. The molecule has 3 N–H and O–H groups in total. The molecule has 0 radical (unpaired) electrons. The highest BCUT2D eigenvalue weighted by Gasteiger charge is 2.62. The van der Waals surface area contributed by atoms with E-state index in [0.717, 1.165) is 6.42 Å². The summed E-state index contributed by atoms with van der Waals surface area (Å²) in [6, 6.07) is 4.18. The van der Waals surface area contributed by atoms with Gasteiger partial charge in [0, 0.05) is 51.9 Å². The smallest absolute Gasteiger partial charge is 0.323 e. The molecule has 2 fully saturated rings. The number of benzene rings is 1. The Bertz CT molecular complexity index is 1370. The van der Waals surface area contributed by atoms with Crippen molar-refractivity contribution in [2.75, 3.05) is 25.7 Å². The molecular formula is C33H46ClN3O8. The zero-order valence-electron chi connectivity index (χ0n) is 27.1. The number of esters is 2. The van der Waals surface area contributed by atoms with Gasteiger partial charge in [0.15, 0.2) is 18.4 Å². The molecule has 2 heterocycles. The Labute approximate surface area is 269 Å². The molecule has 4 aliphatic rings. The van der Waals surface area contributed by atoms with Gasteiger partial charge in [-0.3, -0.25) is 29.6 Å². The molecule has 1 amide bonds. The van der Waals surface area contributed by atoms with E-state index in [1.165, 1.54) is 12.0 Å². The van der Waals surface area contributed by atoms with Crippen LogP contribution in [-0.2, 0) is 34.3 Å². The zero-order valence-corrected chi connectivity index (χ0v) is 27.8. The molecule has 1 aromatic rings. The number of carbonyl (C=O) groups excluding carboxylic acids is 3. The number of amides is 1. The van der Waals surface area contributed by atoms with Gasteiger partial charge < -0.3 is 24.6 Å². The van der Waals surface area contributed by atoms with Crippen LogP contribution in [0.15, 0.2) is 29.8 Å². The van der Waals surface area contributed by atoms with E-state index in [1.807, 2.05) is 26.8 Å². The lowest BCUT2D eigenvalue weighted by Gasteiger charge is -2.56. The maximum absolute atomic E-state index is 14.0. The van der Waals surface area contributed by atoms with Gasteiger partial charge in [0.05, 0.1) is 10.7 Å². The molecule has 5 rings (SSSR count). The summed E-state index contributed by atoms with van der Waals surface area (Å²) < 4.78 is 11.9. The number of anilines is 1. The maximum atomic E-state index is 14.0. The molecule has 1 unspecified atom stereocenters. The maximum Gasteiger partial charge on any atom is 0.323 e. The molecule has 0 bridgehead atoms. The SMILES string of the molecule is CCC(=O)N(C)CC(C)[C@@H]1CC[C@@H](C)[C@@]2(O)[C@@H]1C=C(C)[C@@H](OC(C)=O)[C@@H]2OC(=O)[C@@H]1C[C@@]2(O)c3cccc(Cl)c3N(C)O[C@H]2N1. The Kier molecular flexibility index (Phi) is 9.34. The molecule has 1 saturated carbocycles. The average molecular weight is 648 g/mol. The van der Waals surface area contributed by atoms with Gasteiger partial charge in [0.25, 0.3) is 0 Å². The number of hydrogen-bond acceptors (Lipinski definition) is 10. The molecule has 45 heavy (non-hydrogen) atoms. The van der Waals surface area contributed by atoms with Crippen LogP contribution >= 0.6 is 11.6 Å². The molecule has 1 aromatic carbocycles. The molecule has 1 saturated heterocycles. The predicted octanol–water partition coefficient (Wildman–Crippen LogP) is 3.30. The number of hydrogen-bond donors (Lipinski definition) is 3. The molecule has 2 aliphatic carbocycles. The van der Waals surface area contributed by atoms with Gasteiger partial charge in [-0.2, -0.15) is 0 Å². The van der Waals surface area contributed by atoms with Gasteiger partial charge >= 0.3 is 11.9 Å². The zero-order chi connectivity index (χ0) is 33.0. The summed E-state index contributed by atoms with van der Waals surface area (Å²) in [6.07, 6.45) is 0.624. The van der Waals surface area contributed by atoms with Crippen molar-refractivity contribution in [2.45, 2.75) is 96.0 Å². The number of aliphatic hydroxyl groups is 2. The molecular weight excluding hydrogens is 602 g/mol. The lowest BCUT2D eigenvalue weighted by atomic mass is 9.55. The third-order valence-electron chi connectivity index (χ3n) is 10.5. The molecule has 248 valence electrons. The van der Waals surface area contributed by atoms with Crippen molar-refractivity contribution in [1.29, 1.82) is 0 Å². The van der Waals surface area contributed by atoms with Gasteiger partial charge in [-0.15, -0.1) is 0 Å². The summed E-state index contributed by atoms with van der Waals surface area (Å²) in [5.41, 5.74) is -1.42. The standard InChI is InChI=1S/C33H46ClN3O8/c1-8-26(39)36(6)16-18(3)21-13-12-19(4)33(42)23(21)14-17(2)28(43-20(5)38)29(33)44-30(40)25-15-32(41)22-10-9-11-24(34)27(22)37(7)45-31(32)35-25/h9-11,14,18-19,21,23,25,28-29,31,35,41-42H,8,12-13,15-16H2,1-7H3/t18?,19-,21+,23-,25+,28-,29+,31-,32-,33-/m1/s1. The topological polar surface area (TPSA) is 138 Å². The van der Waals surface area contributed by atoms with Crippen LogP contribution < -0.4 is 10.4 Å². The minimum absolute atomic E-state index is 0.0221. The summed E-state index contributed by atoms with van der Waals surface area (Å²) in [5, 5.41) is 29.4. The van der Waals surface area contributed by atoms with Gasteiger partial charge in [-0.05, 0) is 49.2 Å². The minimum Gasteiger partial charge on any atom is -0.454 e. The van der Waals surface area contributed by atoms with Crippen LogP contribution in [0.25, 0.3) is 0 Å². The lowest BCUT2D eigenvalue weighted by Crippen LogP contribution is -2.66. The second-order valence-corrected chi connectivity index (χ2v) is 13.8. The van der Waals surface area contributed by atoms with Crippen LogP contribution in [0.3, 0.4) is 0 Å². The lowest BCUT2D eigenvalue weighted by molar-refractivity contribution is -0.225. The van der Waals surface area contributed by atoms with E-state index in [1.54, 1.807) is 37.2 Å². The fourth-order valence-electron chi connectivity index (χ4n) is 8.10. The first-order valence-corrected chi connectivity index (χ1v) is 16.2. The molecule has 0 spiro atoms. The Morgan fingerprint density at radius 1 is 1.24 bits per heavy atom. The van der Waals surface area contributed by atoms with Crippen molar-refractivity contribution in [2.24, 2.45) is 23.7 Å². The van der Waals surface area contributed by atoms with E-state index in [-0.39, 0.29) is 30.1 Å². The van der Waals surface area contributed by atoms with Gasteiger partial charge in [0.2, 0.25) is 5.91 Å². The van der Waals surface area contributed by atoms with Crippen LogP contribution in [0.1, 0.15) is 65.9 Å². The number of fused-ring (bicyclic) bond motifs is 4. The summed E-state index contributed by atoms with van der Waals surface area (Å²) in [7, 11) is 3.46. The van der Waals surface area contributed by atoms with E-state index in [4.69, 9.17) is 25.9 Å². The third kappa shape index (κ3) is 5.75. The molecule has 11 nitrogen and oxygen atoms in total. The van der Waals surface area contributed by atoms with Crippen molar-refractivity contribution >= 4 is 35.1 Å². The van der Waals surface area contributed by atoms with Crippen molar-refractivity contribution in [3.63, 3.8) is 0 Å². The van der Waals surface area contributed by atoms with E-state index >= 15 is 0 Å². The number of para-hydroxylation sites is 1. The van der Waals surface area contributed by atoms with Crippen molar-refractivity contribution < 1.29 is 38.9 Å². The Hall–Kier alpha value is -2.70. The number of nitrogens with zero attached hydrogens (tertiary/aromatic N) is 2. The summed E-state index contributed by atoms with van der Waals surface area (Å²) in [5.74, 6) is -1.91. The minimum atomic E-state index is -1.58. The highest BCUT2D eigenvalue weighted by Crippen LogP contribution is 2.53. The fourth-order valence-corrected chi connectivity index (χ4v) is 8.39. The highest BCUT2D eigenvalue weighted by molar-refractivity contribution is 6.33. The number of hydroxylamine groups is 1. The van der Waals surface area contributed by atoms with E-state index in [9.17, 15) is 24.6 Å². The molecule has 0 aromatic heterocycles. The molecule has 12 heteroatoms. The van der Waals surface area contributed by atoms with Gasteiger partial charge in [-0.25, -0.2) is 0 Å². The van der Waals surface area contributed by atoms with Gasteiger partial charge in [-0.1, -0.05) is 50.6 Å².